The number of aryl methyl sites for hydroxylation is 1. The van der Waals surface area contributed by atoms with Crippen molar-refractivity contribution >= 4 is 34.0 Å². The molecule has 0 radical (unpaired) electrons. The molecule has 0 bridgehead atoms. The molecular formula is C21H18N4O4S2. The van der Waals surface area contributed by atoms with Crippen LogP contribution in [0.25, 0.3) is 11.5 Å². The van der Waals surface area contributed by atoms with Crippen LogP contribution in [0.3, 0.4) is 0 Å². The first kappa shape index (κ1) is 19.9. The second-order valence-corrected chi connectivity index (χ2v) is 9.27. The summed E-state index contributed by atoms with van der Waals surface area (Å²) >= 11 is 2.85. The van der Waals surface area contributed by atoms with Crippen molar-refractivity contribution in [2.24, 2.45) is 0 Å². The smallest absolute Gasteiger partial charge is 0.276 e. The van der Waals surface area contributed by atoms with E-state index in [1.165, 1.54) is 28.0 Å². The molecular weight excluding hydrogens is 436 g/mol. The highest BCUT2D eigenvalue weighted by molar-refractivity contribution is 7.99. The van der Waals surface area contributed by atoms with E-state index in [-0.39, 0.29) is 19.1 Å². The van der Waals surface area contributed by atoms with Crippen molar-refractivity contribution < 1.29 is 18.7 Å². The first-order valence-electron chi connectivity index (χ1n) is 9.92. The van der Waals surface area contributed by atoms with Gasteiger partial charge in [-0.3, -0.25) is 4.79 Å². The number of thioether (sulfide) groups is 1. The standard InChI is InChI=1S/C21H18N4O4S2/c22-10-14-13-3-1-2-4-17(13)31-20(14)23-18(26)7-8-30-21-25-24-19(29-21)12-5-6-15-16(9-12)28-11-27-15/h5-6,9H,1-4,7-8,11H2,(H,23,26). The van der Waals surface area contributed by atoms with Gasteiger partial charge < -0.3 is 19.2 Å². The van der Waals surface area contributed by atoms with Crippen LogP contribution in [0.4, 0.5) is 5.00 Å². The van der Waals surface area contributed by atoms with Gasteiger partial charge in [0.15, 0.2) is 11.5 Å². The van der Waals surface area contributed by atoms with E-state index in [0.717, 1.165) is 36.8 Å². The Morgan fingerprint density at radius 3 is 3.00 bits per heavy atom. The van der Waals surface area contributed by atoms with Gasteiger partial charge in [-0.25, -0.2) is 0 Å². The van der Waals surface area contributed by atoms with E-state index >= 15 is 0 Å². The van der Waals surface area contributed by atoms with Gasteiger partial charge >= 0.3 is 0 Å². The van der Waals surface area contributed by atoms with Crippen LogP contribution < -0.4 is 14.8 Å². The number of amides is 1. The summed E-state index contributed by atoms with van der Waals surface area (Å²) in [5.74, 6) is 2.08. The van der Waals surface area contributed by atoms with Crippen molar-refractivity contribution in [2.45, 2.75) is 37.3 Å². The first-order chi connectivity index (χ1) is 15.2. The molecule has 31 heavy (non-hydrogen) atoms. The average molecular weight is 455 g/mol. The first-order valence-corrected chi connectivity index (χ1v) is 11.7. The average Bonchev–Trinajstić information content (AvgIpc) is 3.51. The number of nitrogens with one attached hydrogen (secondary N) is 1. The van der Waals surface area contributed by atoms with Crippen LogP contribution in [-0.2, 0) is 17.6 Å². The summed E-state index contributed by atoms with van der Waals surface area (Å²) in [6.45, 7) is 0.204. The minimum Gasteiger partial charge on any atom is -0.454 e. The molecule has 2 aromatic heterocycles. The van der Waals surface area contributed by atoms with Gasteiger partial charge in [0.25, 0.3) is 5.22 Å². The molecule has 158 valence electrons. The maximum absolute atomic E-state index is 12.4. The summed E-state index contributed by atoms with van der Waals surface area (Å²) in [4.78, 5) is 13.6. The summed E-state index contributed by atoms with van der Waals surface area (Å²) in [5.41, 5.74) is 2.49. The fourth-order valence-electron chi connectivity index (χ4n) is 3.61. The maximum Gasteiger partial charge on any atom is 0.276 e. The van der Waals surface area contributed by atoms with Crippen LogP contribution in [0.2, 0.25) is 0 Å². The number of rotatable bonds is 6. The molecule has 0 spiro atoms. The van der Waals surface area contributed by atoms with E-state index < -0.39 is 0 Å². The molecule has 2 aliphatic rings. The van der Waals surface area contributed by atoms with Gasteiger partial charge in [-0.2, -0.15) is 5.26 Å². The third-order valence-electron chi connectivity index (χ3n) is 5.12. The zero-order valence-corrected chi connectivity index (χ0v) is 18.1. The van der Waals surface area contributed by atoms with Gasteiger partial charge in [0, 0.05) is 22.6 Å². The Morgan fingerprint density at radius 1 is 1.23 bits per heavy atom. The van der Waals surface area contributed by atoms with Crippen LogP contribution in [0.1, 0.15) is 35.3 Å². The normalized spacial score (nSPS) is 14.2. The lowest BCUT2D eigenvalue weighted by molar-refractivity contribution is -0.115. The van der Waals surface area contributed by atoms with Gasteiger partial charge in [-0.1, -0.05) is 11.8 Å². The number of benzene rings is 1. The molecule has 0 unspecified atom stereocenters. The second kappa shape index (κ2) is 8.61. The van der Waals surface area contributed by atoms with Crippen LogP contribution in [0.15, 0.2) is 27.8 Å². The van der Waals surface area contributed by atoms with Crippen LogP contribution in [0.5, 0.6) is 11.5 Å². The lowest BCUT2D eigenvalue weighted by atomic mass is 9.96. The Balaban J connectivity index is 1.16. The van der Waals surface area contributed by atoms with Crippen molar-refractivity contribution in [1.29, 1.82) is 5.26 Å². The molecule has 0 saturated heterocycles. The summed E-state index contributed by atoms with van der Waals surface area (Å²) in [6.07, 6.45) is 4.42. The molecule has 5 rings (SSSR count). The van der Waals surface area contributed by atoms with E-state index in [9.17, 15) is 10.1 Å². The zero-order valence-electron chi connectivity index (χ0n) is 16.5. The minimum atomic E-state index is -0.127. The van der Waals surface area contributed by atoms with E-state index in [4.69, 9.17) is 13.9 Å². The minimum absolute atomic E-state index is 0.127. The largest absolute Gasteiger partial charge is 0.454 e. The molecule has 0 atom stereocenters. The lowest BCUT2D eigenvalue weighted by Crippen LogP contribution is -2.12. The van der Waals surface area contributed by atoms with Crippen LogP contribution in [0, 0.1) is 11.3 Å². The number of fused-ring (bicyclic) bond motifs is 2. The number of hydrogen-bond donors (Lipinski definition) is 1. The molecule has 8 nitrogen and oxygen atoms in total. The predicted octanol–water partition coefficient (Wildman–Crippen LogP) is 4.40. The predicted molar refractivity (Wildman–Crippen MR) is 116 cm³/mol. The monoisotopic (exact) mass is 454 g/mol. The Bertz CT molecular complexity index is 1180. The fourth-order valence-corrected chi connectivity index (χ4v) is 5.56. The molecule has 1 aliphatic carbocycles. The van der Waals surface area contributed by atoms with Crippen molar-refractivity contribution in [2.75, 3.05) is 17.9 Å². The van der Waals surface area contributed by atoms with Gasteiger partial charge in [0.05, 0.1) is 5.56 Å². The molecule has 1 aromatic carbocycles. The van der Waals surface area contributed by atoms with Gasteiger partial charge in [-0.05, 0) is 49.4 Å². The Hall–Kier alpha value is -3.03. The van der Waals surface area contributed by atoms with E-state index in [1.54, 1.807) is 12.1 Å². The van der Waals surface area contributed by atoms with Crippen molar-refractivity contribution in [3.63, 3.8) is 0 Å². The molecule has 0 fully saturated rings. The number of ether oxygens (including phenoxy) is 2. The molecule has 1 aliphatic heterocycles. The zero-order chi connectivity index (χ0) is 21.2. The molecule has 1 amide bonds. The third-order valence-corrected chi connectivity index (χ3v) is 7.14. The van der Waals surface area contributed by atoms with Crippen molar-refractivity contribution in [3.05, 3.63) is 34.2 Å². The molecule has 3 aromatic rings. The number of carbonyl (C=O) groups is 1. The highest BCUT2D eigenvalue weighted by atomic mass is 32.2. The Labute approximate surface area is 186 Å². The highest BCUT2D eigenvalue weighted by Gasteiger charge is 2.22. The van der Waals surface area contributed by atoms with Crippen molar-refractivity contribution in [1.82, 2.24) is 10.2 Å². The van der Waals surface area contributed by atoms with Gasteiger partial charge in [0.2, 0.25) is 18.6 Å². The third kappa shape index (κ3) is 4.11. The number of thiophene rings is 1. The van der Waals surface area contributed by atoms with Crippen molar-refractivity contribution in [3.8, 4) is 29.0 Å². The quantitative estimate of drug-likeness (QED) is 0.546. The van der Waals surface area contributed by atoms with Gasteiger partial charge in [-0.15, -0.1) is 21.5 Å². The number of nitrogens with zero attached hydrogens (tertiary/aromatic N) is 3. The summed E-state index contributed by atoms with van der Waals surface area (Å²) in [6, 6.07) is 7.69. The second-order valence-electron chi connectivity index (χ2n) is 7.11. The summed E-state index contributed by atoms with van der Waals surface area (Å²) in [5, 5.41) is 21.6. The number of aromatic nitrogens is 2. The Morgan fingerprint density at radius 2 is 2.10 bits per heavy atom. The van der Waals surface area contributed by atoms with E-state index in [1.807, 2.05) is 6.07 Å². The number of carbonyl (C=O) groups excluding carboxylic acids is 1. The number of anilines is 1. The lowest BCUT2D eigenvalue weighted by Gasteiger charge is -2.09. The molecule has 0 saturated carbocycles. The summed E-state index contributed by atoms with van der Waals surface area (Å²) in [7, 11) is 0. The SMILES string of the molecule is N#Cc1c(NC(=O)CCSc2nnc(-c3ccc4c(c3)OCO4)o2)sc2c1CCCC2. The maximum atomic E-state index is 12.4. The number of hydrogen-bond acceptors (Lipinski definition) is 9. The Kier molecular flexibility index (Phi) is 5.53. The van der Waals surface area contributed by atoms with Crippen LogP contribution in [-0.4, -0.2) is 28.7 Å². The van der Waals surface area contributed by atoms with E-state index in [0.29, 0.717) is 38.9 Å². The fraction of sp³-hybridized carbons (Fsp3) is 0.333. The molecule has 1 N–H and O–H groups in total. The highest BCUT2D eigenvalue weighted by Crippen LogP contribution is 2.38. The summed E-state index contributed by atoms with van der Waals surface area (Å²) < 4.78 is 16.4. The van der Waals surface area contributed by atoms with Gasteiger partial charge in [0.1, 0.15) is 11.1 Å². The van der Waals surface area contributed by atoms with E-state index in [2.05, 4.69) is 21.6 Å². The topological polar surface area (TPSA) is 110 Å². The van der Waals surface area contributed by atoms with Crippen LogP contribution >= 0.6 is 23.1 Å². The molecule has 3 heterocycles. The number of nitriles is 1. The molecule has 10 heteroatoms.